The summed E-state index contributed by atoms with van der Waals surface area (Å²) in [5.74, 6) is 0.882. The third-order valence-corrected chi connectivity index (χ3v) is 4.65. The van der Waals surface area contributed by atoms with Crippen LogP contribution in [0.5, 0.6) is 5.75 Å². The number of benzene rings is 1. The van der Waals surface area contributed by atoms with E-state index in [0.29, 0.717) is 19.7 Å². The summed E-state index contributed by atoms with van der Waals surface area (Å²) in [7, 11) is 0. The molecule has 3 heterocycles. The number of halogens is 1. The van der Waals surface area contributed by atoms with Crippen LogP contribution in [0, 0.1) is 0 Å². The van der Waals surface area contributed by atoms with Crippen LogP contribution in [0.25, 0.3) is 5.65 Å². The van der Waals surface area contributed by atoms with Crippen molar-refractivity contribution in [3.63, 3.8) is 0 Å². The lowest BCUT2D eigenvalue weighted by atomic mass is 10.2. The molecule has 0 aliphatic heterocycles. The van der Waals surface area contributed by atoms with E-state index < -0.39 is 0 Å². The number of imidazole rings is 1. The number of aromatic nitrogens is 3. The third-order valence-electron chi connectivity index (χ3n) is 4.18. The summed E-state index contributed by atoms with van der Waals surface area (Å²) in [6, 6.07) is 16.0. The van der Waals surface area contributed by atoms with Gasteiger partial charge in [0.15, 0.2) is 0 Å². The molecule has 0 atom stereocenters. The van der Waals surface area contributed by atoms with E-state index in [9.17, 15) is 0 Å². The summed E-state index contributed by atoms with van der Waals surface area (Å²) >= 11 is 3.48. The molecule has 5 nitrogen and oxygen atoms in total. The van der Waals surface area contributed by atoms with Gasteiger partial charge in [0.25, 0.3) is 0 Å². The summed E-state index contributed by atoms with van der Waals surface area (Å²) in [5, 5.41) is 3.45. The molecule has 0 spiro atoms. The first kappa shape index (κ1) is 17.7. The fourth-order valence-corrected chi connectivity index (χ4v) is 3.22. The van der Waals surface area contributed by atoms with Gasteiger partial charge in [0.1, 0.15) is 18.0 Å². The van der Waals surface area contributed by atoms with Crippen LogP contribution in [-0.2, 0) is 19.7 Å². The van der Waals surface area contributed by atoms with E-state index in [1.807, 2.05) is 65.5 Å². The van der Waals surface area contributed by atoms with Gasteiger partial charge in [-0.15, -0.1) is 0 Å². The number of pyridine rings is 2. The molecule has 0 fully saturated rings. The fourth-order valence-electron chi connectivity index (χ4n) is 2.86. The zero-order valence-electron chi connectivity index (χ0n) is 14.7. The fraction of sp³-hybridized carbons (Fsp3) is 0.143. The van der Waals surface area contributed by atoms with Crippen LogP contribution in [0.2, 0.25) is 0 Å². The van der Waals surface area contributed by atoms with Gasteiger partial charge in [0.05, 0.1) is 5.69 Å². The largest absolute Gasteiger partial charge is 0.489 e. The minimum atomic E-state index is 0.506. The van der Waals surface area contributed by atoms with E-state index in [0.717, 1.165) is 32.7 Å². The topological polar surface area (TPSA) is 51.5 Å². The van der Waals surface area contributed by atoms with Gasteiger partial charge in [-0.2, -0.15) is 0 Å². The van der Waals surface area contributed by atoms with E-state index in [2.05, 4.69) is 37.3 Å². The molecule has 3 aromatic heterocycles. The van der Waals surface area contributed by atoms with Crippen molar-refractivity contribution in [2.75, 3.05) is 0 Å². The summed E-state index contributed by atoms with van der Waals surface area (Å²) < 4.78 is 9.04. The lowest BCUT2D eigenvalue weighted by molar-refractivity contribution is 0.301. The number of nitrogens with zero attached hydrogens (tertiary/aromatic N) is 3. The maximum absolute atomic E-state index is 5.98. The number of rotatable bonds is 7. The molecule has 0 amide bonds. The smallest absolute Gasteiger partial charge is 0.137 e. The Morgan fingerprint density at radius 1 is 1.00 bits per heavy atom. The highest BCUT2D eigenvalue weighted by Crippen LogP contribution is 2.19. The second-order valence-electron chi connectivity index (χ2n) is 6.21. The van der Waals surface area contributed by atoms with Crippen molar-refractivity contribution >= 4 is 21.6 Å². The molecule has 0 bridgehead atoms. The van der Waals surface area contributed by atoms with Gasteiger partial charge in [-0.05, 0) is 40.2 Å². The van der Waals surface area contributed by atoms with Crippen LogP contribution in [0.1, 0.15) is 16.8 Å². The average Bonchev–Trinajstić information content (AvgIpc) is 3.10. The third kappa shape index (κ3) is 4.53. The maximum atomic E-state index is 5.98. The van der Waals surface area contributed by atoms with Crippen molar-refractivity contribution in [2.24, 2.45) is 0 Å². The number of nitrogens with one attached hydrogen (secondary N) is 1. The SMILES string of the molecule is Brc1ccc2nc(CNCc3ccccc3OCc3cccnc3)cn2c1. The van der Waals surface area contributed by atoms with Crippen molar-refractivity contribution in [1.82, 2.24) is 19.7 Å². The summed E-state index contributed by atoms with van der Waals surface area (Å²) in [4.78, 5) is 8.75. The number of para-hydroxylation sites is 1. The Balaban J connectivity index is 1.37. The molecule has 6 heteroatoms. The molecule has 4 aromatic rings. The monoisotopic (exact) mass is 422 g/mol. The van der Waals surface area contributed by atoms with Crippen LogP contribution in [0.4, 0.5) is 0 Å². The quantitative estimate of drug-likeness (QED) is 0.480. The Labute approximate surface area is 166 Å². The Hall–Kier alpha value is -2.70. The summed E-state index contributed by atoms with van der Waals surface area (Å²) in [6.07, 6.45) is 7.63. The number of hydrogen-bond donors (Lipinski definition) is 1. The van der Waals surface area contributed by atoms with Crippen LogP contribution in [0.3, 0.4) is 0 Å². The van der Waals surface area contributed by atoms with Crippen LogP contribution < -0.4 is 10.1 Å². The van der Waals surface area contributed by atoms with Gasteiger partial charge in [0, 0.05) is 53.5 Å². The summed E-state index contributed by atoms with van der Waals surface area (Å²) in [5.41, 5.74) is 4.11. The molecule has 0 saturated carbocycles. The maximum Gasteiger partial charge on any atom is 0.137 e. The number of fused-ring (bicyclic) bond motifs is 1. The predicted molar refractivity (Wildman–Crippen MR) is 108 cm³/mol. The average molecular weight is 423 g/mol. The standard InChI is InChI=1S/C21H19BrN4O/c22-18-7-8-21-25-19(14-26(21)13-18)12-24-11-17-5-1-2-6-20(17)27-15-16-4-3-9-23-10-16/h1-10,13-14,24H,11-12,15H2. The predicted octanol–water partition coefficient (Wildman–Crippen LogP) is 4.36. The van der Waals surface area contributed by atoms with E-state index in [1.54, 1.807) is 6.20 Å². The molecule has 0 aliphatic rings. The molecule has 4 rings (SSSR count). The normalized spacial score (nSPS) is 11.0. The molecule has 0 radical (unpaired) electrons. The molecule has 0 aliphatic carbocycles. The molecule has 1 aromatic carbocycles. The summed E-state index contributed by atoms with van der Waals surface area (Å²) in [6.45, 7) is 1.91. The molecule has 1 N–H and O–H groups in total. The van der Waals surface area contributed by atoms with Gasteiger partial charge in [-0.25, -0.2) is 4.98 Å². The van der Waals surface area contributed by atoms with Gasteiger partial charge in [-0.1, -0.05) is 24.3 Å². The molecule has 0 unspecified atom stereocenters. The van der Waals surface area contributed by atoms with Crippen molar-refractivity contribution < 1.29 is 4.74 Å². The van der Waals surface area contributed by atoms with E-state index in [-0.39, 0.29) is 0 Å². The molecule has 0 saturated heterocycles. The zero-order valence-corrected chi connectivity index (χ0v) is 16.3. The van der Waals surface area contributed by atoms with E-state index in [1.165, 1.54) is 0 Å². The molecular weight excluding hydrogens is 404 g/mol. The lowest BCUT2D eigenvalue weighted by Crippen LogP contribution is -2.14. The van der Waals surface area contributed by atoms with Crippen LogP contribution in [-0.4, -0.2) is 14.4 Å². The highest BCUT2D eigenvalue weighted by atomic mass is 79.9. The minimum absolute atomic E-state index is 0.506. The highest BCUT2D eigenvalue weighted by molar-refractivity contribution is 9.10. The Kier molecular flexibility index (Phi) is 5.46. The first-order chi connectivity index (χ1) is 13.3. The molecule has 27 heavy (non-hydrogen) atoms. The number of hydrogen-bond acceptors (Lipinski definition) is 4. The van der Waals surface area contributed by atoms with Crippen molar-refractivity contribution in [1.29, 1.82) is 0 Å². The first-order valence-electron chi connectivity index (χ1n) is 8.71. The first-order valence-corrected chi connectivity index (χ1v) is 9.51. The lowest BCUT2D eigenvalue weighted by Gasteiger charge is -2.12. The van der Waals surface area contributed by atoms with Gasteiger partial charge < -0.3 is 14.5 Å². The van der Waals surface area contributed by atoms with Gasteiger partial charge >= 0.3 is 0 Å². The molecular formula is C21H19BrN4O. The van der Waals surface area contributed by atoms with Crippen LogP contribution in [0.15, 0.2) is 77.8 Å². The van der Waals surface area contributed by atoms with Crippen molar-refractivity contribution in [2.45, 2.75) is 19.7 Å². The minimum Gasteiger partial charge on any atom is -0.489 e. The van der Waals surface area contributed by atoms with Crippen molar-refractivity contribution in [3.05, 3.63) is 94.6 Å². The van der Waals surface area contributed by atoms with E-state index in [4.69, 9.17) is 4.74 Å². The molecule has 136 valence electrons. The zero-order chi connectivity index (χ0) is 18.5. The Morgan fingerprint density at radius 3 is 2.81 bits per heavy atom. The second kappa shape index (κ2) is 8.33. The Bertz CT molecular complexity index is 1030. The van der Waals surface area contributed by atoms with E-state index >= 15 is 0 Å². The number of ether oxygens (including phenoxy) is 1. The van der Waals surface area contributed by atoms with Crippen LogP contribution >= 0.6 is 15.9 Å². The van der Waals surface area contributed by atoms with Gasteiger partial charge in [0.2, 0.25) is 0 Å². The van der Waals surface area contributed by atoms with Gasteiger partial charge in [-0.3, -0.25) is 4.98 Å². The highest BCUT2D eigenvalue weighted by Gasteiger charge is 2.05. The Morgan fingerprint density at radius 2 is 1.93 bits per heavy atom. The van der Waals surface area contributed by atoms with Crippen molar-refractivity contribution in [3.8, 4) is 5.75 Å². The second-order valence-corrected chi connectivity index (χ2v) is 7.12.